The second-order valence-corrected chi connectivity index (χ2v) is 7.88. The molecule has 168 valence electrons. The SMILES string of the molecule is CCOC(=O)C1=C(CN2CCC[C@H](C(=O)OCC)C2)NC(=O)N[C@H]1c1ccc(C)cc1. The van der Waals surface area contributed by atoms with Crippen molar-refractivity contribution in [3.8, 4) is 0 Å². The van der Waals surface area contributed by atoms with Crippen LogP contribution < -0.4 is 10.6 Å². The molecule has 0 aliphatic carbocycles. The molecule has 2 N–H and O–H groups in total. The van der Waals surface area contributed by atoms with Gasteiger partial charge in [-0.15, -0.1) is 0 Å². The van der Waals surface area contributed by atoms with Gasteiger partial charge in [0.1, 0.15) is 0 Å². The van der Waals surface area contributed by atoms with Gasteiger partial charge in [-0.1, -0.05) is 29.8 Å². The normalized spacial score (nSPS) is 21.8. The van der Waals surface area contributed by atoms with E-state index in [0.29, 0.717) is 31.0 Å². The van der Waals surface area contributed by atoms with Crippen molar-refractivity contribution in [1.29, 1.82) is 0 Å². The Morgan fingerprint density at radius 1 is 1.13 bits per heavy atom. The Morgan fingerprint density at radius 2 is 1.84 bits per heavy atom. The van der Waals surface area contributed by atoms with E-state index in [4.69, 9.17) is 9.47 Å². The fourth-order valence-electron chi connectivity index (χ4n) is 4.08. The summed E-state index contributed by atoms with van der Waals surface area (Å²) in [5.41, 5.74) is 2.80. The van der Waals surface area contributed by atoms with Crippen LogP contribution in [-0.2, 0) is 19.1 Å². The van der Waals surface area contributed by atoms with Gasteiger partial charge in [-0.3, -0.25) is 9.69 Å². The number of hydrogen-bond acceptors (Lipinski definition) is 6. The number of urea groups is 1. The van der Waals surface area contributed by atoms with Crippen LogP contribution in [0.3, 0.4) is 0 Å². The summed E-state index contributed by atoms with van der Waals surface area (Å²) in [6.45, 7) is 7.76. The van der Waals surface area contributed by atoms with Gasteiger partial charge in [0.05, 0.1) is 30.7 Å². The molecule has 1 saturated heterocycles. The maximum atomic E-state index is 12.9. The van der Waals surface area contributed by atoms with Crippen molar-refractivity contribution in [3.63, 3.8) is 0 Å². The fraction of sp³-hybridized carbons (Fsp3) is 0.522. The van der Waals surface area contributed by atoms with Crippen molar-refractivity contribution in [2.75, 3.05) is 32.8 Å². The first-order valence-corrected chi connectivity index (χ1v) is 10.9. The zero-order valence-electron chi connectivity index (χ0n) is 18.4. The third-order valence-corrected chi connectivity index (χ3v) is 5.57. The smallest absolute Gasteiger partial charge is 0.338 e. The van der Waals surface area contributed by atoms with Gasteiger partial charge in [-0.05, 0) is 45.7 Å². The number of ether oxygens (including phenoxy) is 2. The Morgan fingerprint density at radius 3 is 2.52 bits per heavy atom. The molecule has 2 aliphatic heterocycles. The minimum Gasteiger partial charge on any atom is -0.466 e. The Bertz CT molecular complexity index is 849. The third kappa shape index (κ3) is 5.64. The molecular formula is C23H31N3O5. The van der Waals surface area contributed by atoms with Crippen LogP contribution in [0.15, 0.2) is 35.5 Å². The summed E-state index contributed by atoms with van der Waals surface area (Å²) in [6.07, 6.45) is 1.62. The molecule has 3 rings (SSSR count). The van der Waals surface area contributed by atoms with Gasteiger partial charge in [-0.25, -0.2) is 9.59 Å². The van der Waals surface area contributed by atoms with E-state index in [1.54, 1.807) is 13.8 Å². The Labute approximate surface area is 183 Å². The molecular weight excluding hydrogens is 398 g/mol. The number of carbonyl (C=O) groups excluding carboxylic acids is 3. The Balaban J connectivity index is 1.89. The van der Waals surface area contributed by atoms with Crippen molar-refractivity contribution < 1.29 is 23.9 Å². The van der Waals surface area contributed by atoms with Crippen LogP contribution >= 0.6 is 0 Å². The largest absolute Gasteiger partial charge is 0.466 e. The van der Waals surface area contributed by atoms with Gasteiger partial charge in [0.15, 0.2) is 0 Å². The molecule has 1 aromatic carbocycles. The highest BCUT2D eigenvalue weighted by molar-refractivity contribution is 5.95. The molecule has 0 spiro atoms. The monoisotopic (exact) mass is 429 g/mol. The highest BCUT2D eigenvalue weighted by Crippen LogP contribution is 2.29. The average molecular weight is 430 g/mol. The van der Waals surface area contributed by atoms with Crippen molar-refractivity contribution >= 4 is 18.0 Å². The van der Waals surface area contributed by atoms with Gasteiger partial charge in [-0.2, -0.15) is 0 Å². The first-order chi connectivity index (χ1) is 14.9. The van der Waals surface area contributed by atoms with E-state index in [9.17, 15) is 14.4 Å². The lowest BCUT2D eigenvalue weighted by Gasteiger charge is -2.35. The molecule has 1 aromatic rings. The predicted octanol–water partition coefficient (Wildman–Crippen LogP) is 2.44. The number of likely N-dealkylation sites (tertiary alicyclic amines) is 1. The van der Waals surface area contributed by atoms with Crippen LogP contribution in [0.2, 0.25) is 0 Å². The number of rotatable bonds is 7. The molecule has 2 aliphatic rings. The van der Waals surface area contributed by atoms with Crippen molar-refractivity contribution in [1.82, 2.24) is 15.5 Å². The number of nitrogens with one attached hydrogen (secondary N) is 2. The zero-order valence-corrected chi connectivity index (χ0v) is 18.4. The standard InChI is InChI=1S/C23H31N3O5/c1-4-30-21(27)17-7-6-12-26(13-17)14-18-19(22(28)31-5-2)20(25-23(29)24-18)16-10-8-15(3)9-11-16/h8-11,17,20H,4-7,12-14H2,1-3H3,(H2,24,25,29)/t17-,20-/m0/s1. The second kappa shape index (κ2) is 10.4. The molecule has 2 heterocycles. The molecule has 31 heavy (non-hydrogen) atoms. The van der Waals surface area contributed by atoms with E-state index < -0.39 is 12.0 Å². The maximum absolute atomic E-state index is 12.9. The summed E-state index contributed by atoms with van der Waals surface area (Å²) >= 11 is 0. The first kappa shape index (κ1) is 22.8. The number of nitrogens with zero attached hydrogens (tertiary/aromatic N) is 1. The molecule has 8 nitrogen and oxygen atoms in total. The molecule has 2 amide bonds. The maximum Gasteiger partial charge on any atom is 0.338 e. The lowest BCUT2D eigenvalue weighted by Crippen LogP contribution is -2.50. The van der Waals surface area contributed by atoms with E-state index in [1.165, 1.54) is 0 Å². The zero-order chi connectivity index (χ0) is 22.4. The van der Waals surface area contributed by atoms with Gasteiger partial charge < -0.3 is 20.1 Å². The summed E-state index contributed by atoms with van der Waals surface area (Å²) in [6, 6.07) is 6.73. The lowest BCUT2D eigenvalue weighted by molar-refractivity contribution is -0.150. The summed E-state index contributed by atoms with van der Waals surface area (Å²) in [5.74, 6) is -0.862. The molecule has 0 unspecified atom stereocenters. The first-order valence-electron chi connectivity index (χ1n) is 10.9. The van der Waals surface area contributed by atoms with E-state index >= 15 is 0 Å². The average Bonchev–Trinajstić information content (AvgIpc) is 2.74. The van der Waals surface area contributed by atoms with Crippen LogP contribution in [0, 0.1) is 12.8 Å². The van der Waals surface area contributed by atoms with E-state index in [0.717, 1.165) is 30.5 Å². The minimum absolute atomic E-state index is 0.196. The van der Waals surface area contributed by atoms with Crippen LogP contribution in [0.25, 0.3) is 0 Å². The third-order valence-electron chi connectivity index (χ3n) is 5.57. The molecule has 0 bridgehead atoms. The number of esters is 2. The number of benzene rings is 1. The lowest BCUT2D eigenvalue weighted by atomic mass is 9.93. The predicted molar refractivity (Wildman–Crippen MR) is 115 cm³/mol. The number of amides is 2. The number of carbonyl (C=O) groups is 3. The van der Waals surface area contributed by atoms with Crippen molar-refractivity contribution in [2.24, 2.45) is 5.92 Å². The fourth-order valence-corrected chi connectivity index (χ4v) is 4.08. The summed E-state index contributed by atoms with van der Waals surface area (Å²) in [4.78, 5) is 39.6. The molecule has 0 saturated carbocycles. The highest BCUT2D eigenvalue weighted by Gasteiger charge is 2.35. The topological polar surface area (TPSA) is 97.0 Å². The van der Waals surface area contributed by atoms with Crippen LogP contribution in [0.1, 0.15) is 43.9 Å². The summed E-state index contributed by atoms with van der Waals surface area (Å²) in [7, 11) is 0. The van der Waals surface area contributed by atoms with Gasteiger partial charge in [0.2, 0.25) is 0 Å². The van der Waals surface area contributed by atoms with Crippen LogP contribution in [0.5, 0.6) is 0 Å². The molecule has 2 atom stereocenters. The van der Waals surface area contributed by atoms with Gasteiger partial charge >= 0.3 is 18.0 Å². The van der Waals surface area contributed by atoms with Crippen molar-refractivity contribution in [2.45, 2.75) is 39.7 Å². The van der Waals surface area contributed by atoms with Gasteiger partial charge in [0, 0.05) is 18.8 Å². The summed E-state index contributed by atoms with van der Waals surface area (Å²) in [5, 5.41) is 5.66. The van der Waals surface area contributed by atoms with Crippen LogP contribution in [0.4, 0.5) is 4.79 Å². The number of hydrogen-bond donors (Lipinski definition) is 2. The van der Waals surface area contributed by atoms with E-state index in [2.05, 4.69) is 15.5 Å². The summed E-state index contributed by atoms with van der Waals surface area (Å²) < 4.78 is 10.5. The highest BCUT2D eigenvalue weighted by atomic mass is 16.5. The Hall–Kier alpha value is -2.87. The number of aryl methyl sites for hydroxylation is 1. The minimum atomic E-state index is -0.603. The second-order valence-electron chi connectivity index (χ2n) is 7.88. The van der Waals surface area contributed by atoms with Gasteiger partial charge in [0.25, 0.3) is 0 Å². The molecule has 8 heteroatoms. The molecule has 1 fully saturated rings. The molecule has 0 aromatic heterocycles. The number of piperidine rings is 1. The van der Waals surface area contributed by atoms with E-state index in [1.807, 2.05) is 31.2 Å². The van der Waals surface area contributed by atoms with Crippen molar-refractivity contribution in [3.05, 3.63) is 46.7 Å². The van der Waals surface area contributed by atoms with E-state index in [-0.39, 0.29) is 24.5 Å². The molecule has 0 radical (unpaired) electrons. The van der Waals surface area contributed by atoms with Crippen LogP contribution in [-0.4, -0.2) is 55.7 Å². The quantitative estimate of drug-likeness (QED) is 0.647. The Kier molecular flexibility index (Phi) is 7.68.